The van der Waals surface area contributed by atoms with Crippen molar-refractivity contribution in [2.24, 2.45) is 0 Å². The fourth-order valence-corrected chi connectivity index (χ4v) is 3.52. The molecule has 0 aromatic heterocycles. The molecule has 1 heterocycles. The van der Waals surface area contributed by atoms with Gasteiger partial charge in [-0.25, -0.2) is 0 Å². The van der Waals surface area contributed by atoms with Crippen LogP contribution in [0.1, 0.15) is 22.7 Å². The summed E-state index contributed by atoms with van der Waals surface area (Å²) in [5.74, 6) is 0.156. The van der Waals surface area contributed by atoms with E-state index in [1.807, 2.05) is 60.3 Å². The van der Waals surface area contributed by atoms with Crippen LogP contribution in [-0.2, 0) is 4.79 Å². The molecule has 1 atom stereocenters. The van der Waals surface area contributed by atoms with E-state index in [4.69, 9.17) is 5.26 Å². The Morgan fingerprint density at radius 3 is 2.11 bits per heavy atom. The van der Waals surface area contributed by atoms with E-state index in [9.17, 15) is 4.79 Å². The minimum atomic E-state index is -0.257. The monoisotopic (exact) mass is 362 g/mol. The second kappa shape index (κ2) is 8.24. The standard InChI is InChI=1S/C22H26N4O/c1-17-4-8-19(9-5-17)21(24(2)3)22(27)26-14-12-25(13-15-26)20-10-6-18(16-23)7-11-20/h4-11,21H,12-15H2,1-3H3/t21-/m0/s1. The molecule has 5 heteroatoms. The molecular weight excluding hydrogens is 336 g/mol. The van der Waals surface area contributed by atoms with Gasteiger partial charge in [-0.3, -0.25) is 9.69 Å². The van der Waals surface area contributed by atoms with Gasteiger partial charge >= 0.3 is 0 Å². The maximum absolute atomic E-state index is 13.2. The van der Waals surface area contributed by atoms with Crippen molar-refractivity contribution in [3.63, 3.8) is 0 Å². The summed E-state index contributed by atoms with van der Waals surface area (Å²) in [6.45, 7) is 5.06. The van der Waals surface area contributed by atoms with Crippen LogP contribution in [-0.4, -0.2) is 56.0 Å². The van der Waals surface area contributed by atoms with E-state index >= 15 is 0 Å². The first-order valence-electron chi connectivity index (χ1n) is 9.26. The summed E-state index contributed by atoms with van der Waals surface area (Å²) in [5, 5.41) is 8.93. The van der Waals surface area contributed by atoms with Gasteiger partial charge in [0.2, 0.25) is 5.91 Å². The SMILES string of the molecule is Cc1ccc([C@@H](C(=O)N2CCN(c3ccc(C#N)cc3)CC2)N(C)C)cc1. The van der Waals surface area contributed by atoms with E-state index in [1.165, 1.54) is 5.56 Å². The van der Waals surface area contributed by atoms with Crippen molar-refractivity contribution in [3.8, 4) is 6.07 Å². The number of likely N-dealkylation sites (N-methyl/N-ethyl adjacent to an activating group) is 1. The van der Waals surface area contributed by atoms with E-state index in [0.29, 0.717) is 18.7 Å². The van der Waals surface area contributed by atoms with Crippen LogP contribution in [0.5, 0.6) is 0 Å². The van der Waals surface area contributed by atoms with E-state index in [-0.39, 0.29) is 11.9 Å². The highest BCUT2D eigenvalue weighted by Gasteiger charge is 2.30. The average molecular weight is 362 g/mol. The molecule has 2 aromatic rings. The number of rotatable bonds is 4. The largest absolute Gasteiger partial charge is 0.368 e. The normalized spacial score (nSPS) is 15.5. The Kier molecular flexibility index (Phi) is 5.78. The number of amides is 1. The van der Waals surface area contributed by atoms with E-state index in [2.05, 4.69) is 30.0 Å². The molecule has 1 saturated heterocycles. The quantitative estimate of drug-likeness (QED) is 0.839. The smallest absolute Gasteiger partial charge is 0.244 e. The Balaban J connectivity index is 1.67. The molecule has 0 bridgehead atoms. The Morgan fingerprint density at radius 1 is 1.00 bits per heavy atom. The summed E-state index contributed by atoms with van der Waals surface area (Å²) in [6, 6.07) is 17.7. The first kappa shape index (κ1) is 18.9. The lowest BCUT2D eigenvalue weighted by molar-refractivity contribution is -0.136. The van der Waals surface area contributed by atoms with Crippen LogP contribution >= 0.6 is 0 Å². The highest BCUT2D eigenvalue weighted by molar-refractivity contribution is 5.83. The number of aryl methyl sites for hydroxylation is 1. The third kappa shape index (κ3) is 4.29. The summed E-state index contributed by atoms with van der Waals surface area (Å²) < 4.78 is 0. The summed E-state index contributed by atoms with van der Waals surface area (Å²) in [5.41, 5.74) is 3.99. The molecular formula is C22H26N4O. The lowest BCUT2D eigenvalue weighted by Crippen LogP contribution is -2.51. The van der Waals surface area contributed by atoms with Crippen molar-refractivity contribution < 1.29 is 4.79 Å². The molecule has 0 spiro atoms. The van der Waals surface area contributed by atoms with Crippen LogP contribution in [0.15, 0.2) is 48.5 Å². The predicted molar refractivity (Wildman–Crippen MR) is 108 cm³/mol. The second-order valence-corrected chi connectivity index (χ2v) is 7.25. The Morgan fingerprint density at radius 2 is 1.59 bits per heavy atom. The van der Waals surface area contributed by atoms with Gasteiger partial charge in [0.05, 0.1) is 11.6 Å². The van der Waals surface area contributed by atoms with Gasteiger partial charge in [0.25, 0.3) is 0 Å². The molecule has 3 rings (SSSR count). The summed E-state index contributed by atoms with van der Waals surface area (Å²) >= 11 is 0. The number of nitriles is 1. The number of piperazine rings is 1. The minimum absolute atomic E-state index is 0.156. The van der Waals surface area contributed by atoms with Crippen molar-refractivity contribution in [2.75, 3.05) is 45.2 Å². The zero-order valence-electron chi connectivity index (χ0n) is 16.2. The molecule has 0 saturated carbocycles. The van der Waals surface area contributed by atoms with E-state index in [0.717, 1.165) is 24.3 Å². The highest BCUT2D eigenvalue weighted by Crippen LogP contribution is 2.23. The number of benzene rings is 2. The molecule has 1 fully saturated rings. The number of anilines is 1. The van der Waals surface area contributed by atoms with Crippen LogP contribution in [0.25, 0.3) is 0 Å². The third-order valence-corrected chi connectivity index (χ3v) is 5.10. The Labute approximate surface area is 161 Å². The summed E-state index contributed by atoms with van der Waals surface area (Å²) in [6.07, 6.45) is 0. The van der Waals surface area contributed by atoms with Crippen molar-refractivity contribution in [1.29, 1.82) is 5.26 Å². The molecule has 0 aliphatic carbocycles. The molecule has 2 aromatic carbocycles. The van der Waals surface area contributed by atoms with Crippen LogP contribution < -0.4 is 4.90 Å². The van der Waals surface area contributed by atoms with Gasteiger partial charge in [0, 0.05) is 31.9 Å². The Hall–Kier alpha value is -2.84. The van der Waals surface area contributed by atoms with Crippen molar-refractivity contribution >= 4 is 11.6 Å². The maximum atomic E-state index is 13.2. The molecule has 0 N–H and O–H groups in total. The average Bonchev–Trinajstić information content (AvgIpc) is 2.69. The van der Waals surface area contributed by atoms with Gasteiger partial charge in [-0.2, -0.15) is 5.26 Å². The summed E-state index contributed by atoms with van der Waals surface area (Å²) in [7, 11) is 3.91. The van der Waals surface area contributed by atoms with Crippen molar-refractivity contribution in [3.05, 3.63) is 65.2 Å². The maximum Gasteiger partial charge on any atom is 0.244 e. The fraction of sp³-hybridized carbons (Fsp3) is 0.364. The van der Waals surface area contributed by atoms with Gasteiger partial charge in [0.1, 0.15) is 6.04 Å². The zero-order chi connectivity index (χ0) is 19.4. The number of carbonyl (C=O) groups excluding carboxylic acids is 1. The second-order valence-electron chi connectivity index (χ2n) is 7.25. The van der Waals surface area contributed by atoms with Crippen LogP contribution in [0.2, 0.25) is 0 Å². The highest BCUT2D eigenvalue weighted by atomic mass is 16.2. The lowest BCUT2D eigenvalue weighted by atomic mass is 10.0. The molecule has 5 nitrogen and oxygen atoms in total. The fourth-order valence-electron chi connectivity index (χ4n) is 3.52. The lowest BCUT2D eigenvalue weighted by Gasteiger charge is -2.38. The van der Waals surface area contributed by atoms with Crippen LogP contribution in [0, 0.1) is 18.3 Å². The van der Waals surface area contributed by atoms with Crippen LogP contribution in [0.4, 0.5) is 5.69 Å². The van der Waals surface area contributed by atoms with E-state index < -0.39 is 0 Å². The molecule has 1 amide bonds. The first-order chi connectivity index (χ1) is 13.0. The van der Waals surface area contributed by atoms with Crippen molar-refractivity contribution in [2.45, 2.75) is 13.0 Å². The van der Waals surface area contributed by atoms with Gasteiger partial charge < -0.3 is 9.80 Å². The number of nitrogens with zero attached hydrogens (tertiary/aromatic N) is 4. The minimum Gasteiger partial charge on any atom is -0.368 e. The molecule has 1 aliphatic rings. The molecule has 0 unspecified atom stereocenters. The third-order valence-electron chi connectivity index (χ3n) is 5.10. The summed E-state index contributed by atoms with van der Waals surface area (Å²) in [4.78, 5) is 19.4. The zero-order valence-corrected chi connectivity index (χ0v) is 16.2. The van der Waals surface area contributed by atoms with Gasteiger partial charge in [-0.05, 0) is 50.8 Å². The molecule has 140 valence electrons. The van der Waals surface area contributed by atoms with Crippen LogP contribution in [0.3, 0.4) is 0 Å². The molecule has 1 aliphatic heterocycles. The topological polar surface area (TPSA) is 50.6 Å². The number of hydrogen-bond acceptors (Lipinski definition) is 4. The van der Waals surface area contributed by atoms with Gasteiger partial charge in [-0.15, -0.1) is 0 Å². The predicted octanol–water partition coefficient (Wildman–Crippen LogP) is 2.82. The molecule has 0 radical (unpaired) electrons. The molecule has 27 heavy (non-hydrogen) atoms. The first-order valence-corrected chi connectivity index (χ1v) is 9.26. The Bertz CT molecular complexity index is 813. The van der Waals surface area contributed by atoms with Gasteiger partial charge in [-0.1, -0.05) is 29.8 Å². The van der Waals surface area contributed by atoms with Gasteiger partial charge in [0.15, 0.2) is 0 Å². The van der Waals surface area contributed by atoms with Crippen molar-refractivity contribution in [1.82, 2.24) is 9.80 Å². The number of carbonyl (C=O) groups is 1. The van der Waals surface area contributed by atoms with E-state index in [1.54, 1.807) is 0 Å². The number of hydrogen-bond donors (Lipinski definition) is 0.